The molecular formula is C39H45N3O3. The topological polar surface area (TPSA) is 45.3 Å². The van der Waals surface area contributed by atoms with Crippen LogP contribution in [0.1, 0.15) is 58.4 Å². The summed E-state index contributed by atoms with van der Waals surface area (Å²) in [5, 5.41) is 0. The van der Waals surface area contributed by atoms with Gasteiger partial charge in [0.1, 0.15) is 11.5 Å². The highest BCUT2D eigenvalue weighted by Crippen LogP contribution is 2.42. The van der Waals surface area contributed by atoms with Crippen molar-refractivity contribution in [3.63, 3.8) is 0 Å². The molecule has 0 aliphatic carbocycles. The Hall–Kier alpha value is -4.13. The van der Waals surface area contributed by atoms with Gasteiger partial charge in [-0.2, -0.15) is 0 Å². The lowest BCUT2D eigenvalue weighted by Gasteiger charge is -2.44. The highest BCUT2D eigenvalue weighted by Gasteiger charge is 2.39. The van der Waals surface area contributed by atoms with Crippen LogP contribution in [-0.4, -0.2) is 74.1 Å². The smallest absolute Gasteiger partial charge is 0.253 e. The van der Waals surface area contributed by atoms with Crippen LogP contribution < -0.4 is 9.47 Å². The van der Waals surface area contributed by atoms with E-state index in [4.69, 9.17) is 9.47 Å². The molecule has 4 aromatic rings. The van der Waals surface area contributed by atoms with Gasteiger partial charge >= 0.3 is 0 Å². The Morgan fingerprint density at radius 3 is 1.98 bits per heavy atom. The minimum atomic E-state index is -0.152. The molecule has 6 heteroatoms. The average molecular weight is 604 g/mol. The van der Waals surface area contributed by atoms with Crippen molar-refractivity contribution in [1.29, 1.82) is 0 Å². The largest absolute Gasteiger partial charge is 0.497 e. The van der Waals surface area contributed by atoms with Crippen LogP contribution in [0.15, 0.2) is 103 Å². The summed E-state index contributed by atoms with van der Waals surface area (Å²) in [6.07, 6.45) is 2.15. The lowest BCUT2D eigenvalue weighted by Crippen LogP contribution is -2.49. The third-order valence-electron chi connectivity index (χ3n) is 9.87. The minimum Gasteiger partial charge on any atom is -0.497 e. The molecule has 2 aliphatic rings. The van der Waals surface area contributed by atoms with E-state index in [1.807, 2.05) is 17.0 Å². The Labute approximate surface area is 268 Å². The molecule has 2 saturated heterocycles. The zero-order valence-electron chi connectivity index (χ0n) is 26.8. The highest BCUT2D eigenvalue weighted by atomic mass is 16.5. The molecule has 0 spiro atoms. The number of piperidine rings is 1. The van der Waals surface area contributed by atoms with Crippen LogP contribution in [0.4, 0.5) is 0 Å². The maximum atomic E-state index is 13.6. The van der Waals surface area contributed by atoms with E-state index in [0.29, 0.717) is 6.04 Å². The SMILES string of the molecule is COc1ccc(C2(c3ccc(OC)cc3)CCCN(Cc3cccc(C(=O)N4CCN(C(C)c5ccccc5)CC4)c3)C2)cc1. The Kier molecular flexibility index (Phi) is 9.53. The summed E-state index contributed by atoms with van der Waals surface area (Å²) in [6, 6.07) is 36.4. The second kappa shape index (κ2) is 13.9. The molecule has 0 saturated carbocycles. The Balaban J connectivity index is 1.15. The second-order valence-corrected chi connectivity index (χ2v) is 12.5. The summed E-state index contributed by atoms with van der Waals surface area (Å²) in [7, 11) is 3.42. The number of likely N-dealkylation sites (tertiary alicyclic amines) is 1. The van der Waals surface area contributed by atoms with Gasteiger partial charge in [0.15, 0.2) is 0 Å². The van der Waals surface area contributed by atoms with Crippen molar-refractivity contribution in [2.45, 2.75) is 37.8 Å². The molecule has 45 heavy (non-hydrogen) atoms. The van der Waals surface area contributed by atoms with Gasteiger partial charge in [0.05, 0.1) is 14.2 Å². The summed E-state index contributed by atoms with van der Waals surface area (Å²) in [5.74, 6) is 1.86. The maximum Gasteiger partial charge on any atom is 0.253 e. The van der Waals surface area contributed by atoms with Gasteiger partial charge in [-0.3, -0.25) is 14.6 Å². The zero-order chi connectivity index (χ0) is 31.2. The van der Waals surface area contributed by atoms with Crippen molar-refractivity contribution in [1.82, 2.24) is 14.7 Å². The zero-order valence-corrected chi connectivity index (χ0v) is 26.8. The first-order valence-electron chi connectivity index (χ1n) is 16.2. The van der Waals surface area contributed by atoms with Gasteiger partial charge in [0.25, 0.3) is 5.91 Å². The molecule has 1 unspecified atom stereocenters. The van der Waals surface area contributed by atoms with E-state index in [9.17, 15) is 4.79 Å². The van der Waals surface area contributed by atoms with Gasteiger partial charge in [0.2, 0.25) is 0 Å². The van der Waals surface area contributed by atoms with Crippen LogP contribution in [0.25, 0.3) is 0 Å². The lowest BCUT2D eigenvalue weighted by atomic mass is 9.69. The standard InChI is InChI=1S/C39H45N3O3/c1-30(32-10-5-4-6-11-32)41-23-25-42(26-24-41)38(43)33-12-7-9-31(27-33)28-40-22-8-21-39(29-40,34-13-17-36(44-2)18-14-34)35-15-19-37(45-3)20-16-35/h4-7,9-20,27,30H,8,21-26,28-29H2,1-3H3. The maximum absolute atomic E-state index is 13.6. The van der Waals surface area contributed by atoms with E-state index in [1.54, 1.807) is 14.2 Å². The van der Waals surface area contributed by atoms with Crippen molar-refractivity contribution >= 4 is 5.91 Å². The lowest BCUT2D eigenvalue weighted by molar-refractivity contribution is 0.0582. The van der Waals surface area contributed by atoms with Crippen molar-refractivity contribution in [2.24, 2.45) is 0 Å². The summed E-state index contributed by atoms with van der Waals surface area (Å²) in [4.78, 5) is 20.7. The number of amides is 1. The van der Waals surface area contributed by atoms with Gasteiger partial charge in [-0.15, -0.1) is 0 Å². The molecule has 4 aromatic carbocycles. The minimum absolute atomic E-state index is 0.133. The van der Waals surface area contributed by atoms with E-state index < -0.39 is 0 Å². The molecule has 234 valence electrons. The molecule has 0 radical (unpaired) electrons. The first-order valence-corrected chi connectivity index (χ1v) is 16.2. The molecule has 2 aliphatic heterocycles. The third-order valence-corrected chi connectivity index (χ3v) is 9.87. The van der Waals surface area contributed by atoms with E-state index in [0.717, 1.165) is 75.7 Å². The number of benzene rings is 4. The molecule has 1 amide bonds. The molecule has 1 atom stereocenters. The van der Waals surface area contributed by atoms with E-state index in [1.165, 1.54) is 22.3 Å². The fourth-order valence-electron chi connectivity index (χ4n) is 7.24. The number of hydrogen-bond donors (Lipinski definition) is 0. The van der Waals surface area contributed by atoms with Crippen molar-refractivity contribution in [2.75, 3.05) is 53.5 Å². The average Bonchev–Trinajstić information content (AvgIpc) is 3.11. The number of carbonyl (C=O) groups excluding carboxylic acids is 1. The molecule has 0 aromatic heterocycles. The molecule has 2 fully saturated rings. The van der Waals surface area contributed by atoms with E-state index in [-0.39, 0.29) is 11.3 Å². The molecule has 6 rings (SSSR count). The Bertz CT molecular complexity index is 1500. The number of hydrogen-bond acceptors (Lipinski definition) is 5. The number of carbonyl (C=O) groups is 1. The molecule has 0 bridgehead atoms. The first-order chi connectivity index (χ1) is 22.0. The van der Waals surface area contributed by atoms with Gasteiger partial charge in [-0.1, -0.05) is 66.7 Å². The molecular weight excluding hydrogens is 558 g/mol. The van der Waals surface area contributed by atoms with Crippen LogP contribution in [0.3, 0.4) is 0 Å². The number of rotatable bonds is 9. The third kappa shape index (κ3) is 6.77. The van der Waals surface area contributed by atoms with Crippen LogP contribution in [-0.2, 0) is 12.0 Å². The van der Waals surface area contributed by atoms with Crippen LogP contribution in [0.2, 0.25) is 0 Å². The molecule has 2 heterocycles. The first kappa shape index (κ1) is 30.9. The van der Waals surface area contributed by atoms with Gasteiger partial charge in [-0.25, -0.2) is 0 Å². The number of piperazine rings is 1. The summed E-state index contributed by atoms with van der Waals surface area (Å²) >= 11 is 0. The fourth-order valence-corrected chi connectivity index (χ4v) is 7.24. The number of nitrogens with zero attached hydrogens (tertiary/aromatic N) is 3. The quantitative estimate of drug-likeness (QED) is 0.211. The van der Waals surface area contributed by atoms with Gasteiger partial charge in [-0.05, 0) is 85.0 Å². The summed E-state index contributed by atoms with van der Waals surface area (Å²) in [6.45, 7) is 8.24. The summed E-state index contributed by atoms with van der Waals surface area (Å²) in [5.41, 5.74) is 5.72. The number of ether oxygens (including phenoxy) is 2. The highest BCUT2D eigenvalue weighted by molar-refractivity contribution is 5.94. The van der Waals surface area contributed by atoms with E-state index >= 15 is 0 Å². The monoisotopic (exact) mass is 603 g/mol. The predicted octanol–water partition coefficient (Wildman–Crippen LogP) is 6.80. The van der Waals surface area contributed by atoms with Crippen molar-refractivity contribution in [3.05, 3.63) is 131 Å². The van der Waals surface area contributed by atoms with Crippen molar-refractivity contribution in [3.8, 4) is 11.5 Å². The fraction of sp³-hybridized carbons (Fsp3) is 0.359. The molecule has 6 nitrogen and oxygen atoms in total. The van der Waals surface area contributed by atoms with Crippen molar-refractivity contribution < 1.29 is 14.3 Å². The number of methoxy groups -OCH3 is 2. The normalized spacial score (nSPS) is 17.9. The van der Waals surface area contributed by atoms with Gasteiger partial charge in [0, 0.05) is 56.3 Å². The summed E-state index contributed by atoms with van der Waals surface area (Å²) < 4.78 is 10.9. The Morgan fingerprint density at radius 2 is 1.38 bits per heavy atom. The Morgan fingerprint density at radius 1 is 0.756 bits per heavy atom. The van der Waals surface area contributed by atoms with Gasteiger partial charge < -0.3 is 14.4 Å². The predicted molar refractivity (Wildman–Crippen MR) is 180 cm³/mol. The second-order valence-electron chi connectivity index (χ2n) is 12.5. The van der Waals surface area contributed by atoms with Crippen LogP contribution in [0.5, 0.6) is 11.5 Å². The molecule has 0 N–H and O–H groups in total. The van der Waals surface area contributed by atoms with Crippen LogP contribution >= 0.6 is 0 Å². The van der Waals surface area contributed by atoms with E-state index in [2.05, 4.69) is 108 Å². The van der Waals surface area contributed by atoms with Crippen LogP contribution in [0, 0.1) is 0 Å².